The lowest BCUT2D eigenvalue weighted by molar-refractivity contribution is -0.137. The zero-order valence-corrected chi connectivity index (χ0v) is 12.0. The van der Waals surface area contributed by atoms with Gasteiger partial charge in [-0.25, -0.2) is 0 Å². The number of aliphatic carboxylic acids is 1. The minimum absolute atomic E-state index is 0.00896. The minimum Gasteiger partial charge on any atom is -0.481 e. The molecule has 2 amide bonds. The molecule has 0 spiro atoms. The van der Waals surface area contributed by atoms with Crippen LogP contribution in [0.5, 0.6) is 0 Å². The fraction of sp³-hybridized carbons (Fsp3) is 0.400. The lowest BCUT2D eigenvalue weighted by atomic mass is 10.1. The maximum atomic E-state index is 11.8. The van der Waals surface area contributed by atoms with Gasteiger partial charge in [-0.05, 0) is 18.9 Å². The van der Waals surface area contributed by atoms with Gasteiger partial charge in [-0.15, -0.1) is 0 Å². The zero-order valence-electron chi connectivity index (χ0n) is 12.0. The van der Waals surface area contributed by atoms with Gasteiger partial charge in [-0.1, -0.05) is 30.3 Å². The molecule has 0 aromatic heterocycles. The highest BCUT2D eigenvalue weighted by molar-refractivity contribution is 5.88. The van der Waals surface area contributed by atoms with Crippen molar-refractivity contribution < 1.29 is 19.5 Å². The van der Waals surface area contributed by atoms with Gasteiger partial charge in [0.1, 0.15) is 6.04 Å². The summed E-state index contributed by atoms with van der Waals surface area (Å²) >= 11 is 0. The van der Waals surface area contributed by atoms with Crippen molar-refractivity contribution in [3.05, 3.63) is 35.9 Å². The maximum absolute atomic E-state index is 11.8. The van der Waals surface area contributed by atoms with Crippen LogP contribution in [0.4, 0.5) is 0 Å². The fourth-order valence-electron chi connectivity index (χ4n) is 1.74. The Morgan fingerprint density at radius 2 is 1.86 bits per heavy atom. The summed E-state index contributed by atoms with van der Waals surface area (Å²) < 4.78 is 0. The first-order valence-corrected chi connectivity index (χ1v) is 6.82. The van der Waals surface area contributed by atoms with E-state index in [2.05, 4.69) is 10.6 Å². The van der Waals surface area contributed by atoms with E-state index in [1.165, 1.54) is 0 Å². The van der Waals surface area contributed by atoms with Gasteiger partial charge < -0.3 is 15.7 Å². The first-order valence-electron chi connectivity index (χ1n) is 6.82. The van der Waals surface area contributed by atoms with Crippen LogP contribution in [0, 0.1) is 0 Å². The lowest BCUT2D eigenvalue weighted by Crippen LogP contribution is -2.45. The maximum Gasteiger partial charge on any atom is 0.303 e. The van der Waals surface area contributed by atoms with Gasteiger partial charge in [0.15, 0.2) is 0 Å². The van der Waals surface area contributed by atoms with Gasteiger partial charge in [0.25, 0.3) is 0 Å². The average Bonchev–Trinajstić information content (AvgIpc) is 2.44. The van der Waals surface area contributed by atoms with Crippen LogP contribution in [0.3, 0.4) is 0 Å². The smallest absolute Gasteiger partial charge is 0.303 e. The summed E-state index contributed by atoms with van der Waals surface area (Å²) in [4.78, 5) is 33.8. The quantitative estimate of drug-likeness (QED) is 0.615. The molecule has 0 saturated carbocycles. The zero-order chi connectivity index (χ0) is 15.7. The Morgan fingerprint density at radius 3 is 2.48 bits per heavy atom. The first kappa shape index (κ1) is 16.7. The third kappa shape index (κ3) is 7.10. The molecule has 6 heteroatoms. The molecule has 0 radical (unpaired) electrons. The van der Waals surface area contributed by atoms with Crippen molar-refractivity contribution in [3.63, 3.8) is 0 Å². The summed E-state index contributed by atoms with van der Waals surface area (Å²) in [7, 11) is 0. The third-order valence-electron chi connectivity index (χ3n) is 2.84. The first-order chi connectivity index (χ1) is 9.99. The molecule has 1 aromatic carbocycles. The van der Waals surface area contributed by atoms with E-state index in [0.717, 1.165) is 5.56 Å². The number of carbonyl (C=O) groups excluding carboxylic acids is 2. The van der Waals surface area contributed by atoms with E-state index in [4.69, 9.17) is 5.11 Å². The topological polar surface area (TPSA) is 95.5 Å². The molecule has 6 nitrogen and oxygen atoms in total. The molecule has 1 aromatic rings. The molecule has 0 bridgehead atoms. The van der Waals surface area contributed by atoms with Crippen LogP contribution in [-0.2, 0) is 20.8 Å². The number of carbonyl (C=O) groups is 3. The summed E-state index contributed by atoms with van der Waals surface area (Å²) in [5.74, 6) is -1.44. The number of carboxylic acid groups (broad SMARTS) is 1. The number of rotatable bonds is 8. The molecule has 3 N–H and O–H groups in total. The molecule has 1 unspecified atom stereocenters. The highest BCUT2D eigenvalue weighted by Gasteiger charge is 2.15. The molecule has 114 valence electrons. The second kappa shape index (κ2) is 8.73. The van der Waals surface area contributed by atoms with E-state index in [0.29, 0.717) is 6.42 Å². The number of carboxylic acids is 1. The molecule has 0 aliphatic heterocycles. The number of amides is 2. The summed E-state index contributed by atoms with van der Waals surface area (Å²) in [5, 5.41) is 13.7. The molecule has 21 heavy (non-hydrogen) atoms. The lowest BCUT2D eigenvalue weighted by Gasteiger charge is -2.14. The predicted octanol–water partition coefficient (Wildman–Crippen LogP) is 0.715. The average molecular weight is 292 g/mol. The molecule has 1 rings (SSSR count). The van der Waals surface area contributed by atoms with E-state index in [1.807, 2.05) is 30.3 Å². The van der Waals surface area contributed by atoms with Crippen molar-refractivity contribution in [3.8, 4) is 0 Å². The van der Waals surface area contributed by atoms with Crippen molar-refractivity contribution in [2.45, 2.75) is 32.2 Å². The predicted molar refractivity (Wildman–Crippen MR) is 77.6 cm³/mol. The van der Waals surface area contributed by atoms with E-state index in [1.54, 1.807) is 6.92 Å². The van der Waals surface area contributed by atoms with Crippen LogP contribution in [0.1, 0.15) is 25.3 Å². The number of hydrogen-bond acceptors (Lipinski definition) is 3. The molecule has 0 saturated heterocycles. The van der Waals surface area contributed by atoms with Crippen molar-refractivity contribution in [1.29, 1.82) is 0 Å². The Balaban J connectivity index is 2.28. The SMILES string of the molecule is CC(NC(=O)Cc1ccccc1)C(=O)NCCCC(=O)O. The highest BCUT2D eigenvalue weighted by atomic mass is 16.4. The van der Waals surface area contributed by atoms with Crippen molar-refractivity contribution in [1.82, 2.24) is 10.6 Å². The normalized spacial score (nSPS) is 11.5. The van der Waals surface area contributed by atoms with Crippen molar-refractivity contribution in [2.75, 3.05) is 6.54 Å². The van der Waals surface area contributed by atoms with Crippen LogP contribution >= 0.6 is 0 Å². The van der Waals surface area contributed by atoms with E-state index >= 15 is 0 Å². The molecular weight excluding hydrogens is 272 g/mol. The fourth-order valence-corrected chi connectivity index (χ4v) is 1.74. The number of nitrogens with one attached hydrogen (secondary N) is 2. The van der Waals surface area contributed by atoms with E-state index in [9.17, 15) is 14.4 Å². The summed E-state index contributed by atoms with van der Waals surface area (Å²) in [6.07, 6.45) is 0.595. The van der Waals surface area contributed by atoms with Crippen LogP contribution in [0.2, 0.25) is 0 Å². The molecule has 0 heterocycles. The van der Waals surface area contributed by atoms with Gasteiger partial charge in [0, 0.05) is 13.0 Å². The summed E-state index contributed by atoms with van der Waals surface area (Å²) in [5.41, 5.74) is 0.879. The van der Waals surface area contributed by atoms with Gasteiger partial charge in [-0.3, -0.25) is 14.4 Å². The van der Waals surface area contributed by atoms with Gasteiger partial charge in [-0.2, -0.15) is 0 Å². The molecule has 0 aliphatic carbocycles. The minimum atomic E-state index is -0.895. The van der Waals surface area contributed by atoms with E-state index < -0.39 is 12.0 Å². The van der Waals surface area contributed by atoms with Crippen LogP contribution in [0.25, 0.3) is 0 Å². The summed E-state index contributed by atoms with van der Waals surface area (Å²) in [6, 6.07) is 8.61. The van der Waals surface area contributed by atoms with E-state index in [-0.39, 0.29) is 31.2 Å². The second-order valence-corrected chi connectivity index (χ2v) is 4.74. The largest absolute Gasteiger partial charge is 0.481 e. The van der Waals surface area contributed by atoms with Gasteiger partial charge >= 0.3 is 5.97 Å². The molecule has 0 aliphatic rings. The van der Waals surface area contributed by atoms with Gasteiger partial charge in [0.2, 0.25) is 11.8 Å². The van der Waals surface area contributed by atoms with Gasteiger partial charge in [0.05, 0.1) is 6.42 Å². The number of benzene rings is 1. The Morgan fingerprint density at radius 1 is 1.19 bits per heavy atom. The molecule has 1 atom stereocenters. The Labute approximate surface area is 123 Å². The number of hydrogen-bond donors (Lipinski definition) is 3. The Kier molecular flexibility index (Phi) is 6.94. The van der Waals surface area contributed by atoms with Crippen molar-refractivity contribution >= 4 is 17.8 Å². The van der Waals surface area contributed by atoms with Crippen molar-refractivity contribution in [2.24, 2.45) is 0 Å². The van der Waals surface area contributed by atoms with Crippen LogP contribution < -0.4 is 10.6 Å². The summed E-state index contributed by atoms with van der Waals surface area (Å²) in [6.45, 7) is 1.87. The standard InChI is InChI=1S/C15H20N2O4/c1-11(15(21)16-9-5-8-14(19)20)17-13(18)10-12-6-3-2-4-7-12/h2-4,6-7,11H,5,8-10H2,1H3,(H,16,21)(H,17,18)(H,19,20). The second-order valence-electron chi connectivity index (χ2n) is 4.74. The Hall–Kier alpha value is -2.37. The molecule has 0 fully saturated rings. The Bertz CT molecular complexity index is 488. The third-order valence-corrected chi connectivity index (χ3v) is 2.84. The highest BCUT2D eigenvalue weighted by Crippen LogP contribution is 1.99. The molecular formula is C15H20N2O4. The van der Waals surface area contributed by atoms with Crippen LogP contribution in [-0.4, -0.2) is 35.5 Å². The van der Waals surface area contributed by atoms with Crippen LogP contribution in [0.15, 0.2) is 30.3 Å². The monoisotopic (exact) mass is 292 g/mol.